The fourth-order valence-corrected chi connectivity index (χ4v) is 2.60. The van der Waals surface area contributed by atoms with Gasteiger partial charge in [0.25, 0.3) is 0 Å². The highest BCUT2D eigenvalue weighted by atomic mass is 32.1. The number of nitrogens with zero attached hydrogens (tertiary/aromatic N) is 2. The smallest absolute Gasteiger partial charge is 0.0798 e. The molecule has 16 heavy (non-hydrogen) atoms. The molecule has 1 saturated carbocycles. The van der Waals surface area contributed by atoms with E-state index in [1.807, 2.05) is 5.51 Å². The van der Waals surface area contributed by atoms with Crippen LogP contribution in [0.3, 0.4) is 0 Å². The van der Waals surface area contributed by atoms with Crippen LogP contribution in [-0.4, -0.2) is 36.1 Å². The van der Waals surface area contributed by atoms with Crippen LogP contribution < -0.4 is 5.32 Å². The predicted octanol–water partition coefficient (Wildman–Crippen LogP) is 2.03. The zero-order chi connectivity index (χ0) is 11.4. The Balaban J connectivity index is 1.60. The van der Waals surface area contributed by atoms with Crippen LogP contribution in [0.2, 0.25) is 0 Å². The Morgan fingerprint density at radius 2 is 2.38 bits per heavy atom. The SMILES string of the molecule is Cc1ncsc1CN(C)CCCNC1CC1. The first-order chi connectivity index (χ1) is 7.75. The lowest BCUT2D eigenvalue weighted by Gasteiger charge is -2.15. The van der Waals surface area contributed by atoms with Gasteiger partial charge in [0.05, 0.1) is 11.2 Å². The third kappa shape index (κ3) is 3.85. The second kappa shape index (κ2) is 5.75. The third-order valence-corrected chi connectivity index (χ3v) is 3.91. The van der Waals surface area contributed by atoms with Gasteiger partial charge < -0.3 is 10.2 Å². The summed E-state index contributed by atoms with van der Waals surface area (Å²) in [5.41, 5.74) is 3.13. The van der Waals surface area contributed by atoms with Gasteiger partial charge in [-0.05, 0) is 46.3 Å². The Kier molecular flexibility index (Phi) is 4.32. The van der Waals surface area contributed by atoms with Gasteiger partial charge in [-0.1, -0.05) is 0 Å². The van der Waals surface area contributed by atoms with E-state index in [1.54, 1.807) is 11.3 Å². The largest absolute Gasteiger partial charge is 0.314 e. The van der Waals surface area contributed by atoms with Gasteiger partial charge >= 0.3 is 0 Å². The molecule has 0 unspecified atom stereocenters. The van der Waals surface area contributed by atoms with Gasteiger partial charge in [-0.25, -0.2) is 4.98 Å². The average molecular weight is 239 g/mol. The summed E-state index contributed by atoms with van der Waals surface area (Å²) in [5.74, 6) is 0. The number of aromatic nitrogens is 1. The first kappa shape index (κ1) is 12.0. The van der Waals surface area contributed by atoms with Gasteiger partial charge in [-0.15, -0.1) is 11.3 Å². The molecule has 0 aliphatic heterocycles. The molecule has 0 atom stereocenters. The lowest BCUT2D eigenvalue weighted by atomic mass is 10.3. The van der Waals surface area contributed by atoms with Crippen LogP contribution in [0.1, 0.15) is 29.8 Å². The first-order valence-electron chi connectivity index (χ1n) is 6.06. The van der Waals surface area contributed by atoms with Gasteiger partial charge in [-0.3, -0.25) is 0 Å². The standard InChI is InChI=1S/C12H21N3S/c1-10-12(16-9-14-10)8-15(2)7-3-6-13-11-4-5-11/h9,11,13H,3-8H2,1-2H3. The van der Waals surface area contributed by atoms with Crippen LogP contribution in [-0.2, 0) is 6.54 Å². The van der Waals surface area contributed by atoms with Crippen molar-refractivity contribution in [1.29, 1.82) is 0 Å². The van der Waals surface area contributed by atoms with E-state index in [0.717, 1.165) is 25.7 Å². The molecule has 90 valence electrons. The lowest BCUT2D eigenvalue weighted by molar-refractivity contribution is 0.321. The van der Waals surface area contributed by atoms with Gasteiger partial charge in [-0.2, -0.15) is 0 Å². The van der Waals surface area contributed by atoms with Gasteiger partial charge in [0.2, 0.25) is 0 Å². The molecule has 2 rings (SSSR count). The van der Waals surface area contributed by atoms with E-state index >= 15 is 0 Å². The quantitative estimate of drug-likeness (QED) is 0.738. The zero-order valence-corrected chi connectivity index (χ0v) is 11.0. The van der Waals surface area contributed by atoms with Crippen molar-refractivity contribution in [3.63, 3.8) is 0 Å². The molecule has 1 aliphatic carbocycles. The van der Waals surface area contributed by atoms with E-state index in [4.69, 9.17) is 0 Å². The highest BCUT2D eigenvalue weighted by molar-refractivity contribution is 7.09. The normalized spacial score (nSPS) is 15.9. The molecular formula is C12H21N3S. The summed E-state index contributed by atoms with van der Waals surface area (Å²) < 4.78 is 0. The number of nitrogens with one attached hydrogen (secondary N) is 1. The fraction of sp³-hybridized carbons (Fsp3) is 0.750. The molecule has 0 radical (unpaired) electrons. The third-order valence-electron chi connectivity index (χ3n) is 2.99. The summed E-state index contributed by atoms with van der Waals surface area (Å²) in [6.07, 6.45) is 4.01. The summed E-state index contributed by atoms with van der Waals surface area (Å²) in [4.78, 5) is 8.06. The van der Waals surface area contributed by atoms with Crippen LogP contribution in [0.15, 0.2) is 5.51 Å². The minimum Gasteiger partial charge on any atom is -0.314 e. The number of hydrogen-bond acceptors (Lipinski definition) is 4. The molecule has 0 amide bonds. The maximum atomic E-state index is 4.28. The van der Waals surface area contributed by atoms with Crippen molar-refractivity contribution in [2.75, 3.05) is 20.1 Å². The second-order valence-electron chi connectivity index (χ2n) is 4.68. The molecule has 1 N–H and O–H groups in total. The second-order valence-corrected chi connectivity index (χ2v) is 5.62. The average Bonchev–Trinajstić information content (AvgIpc) is 3.00. The summed E-state index contributed by atoms with van der Waals surface area (Å²) in [7, 11) is 2.19. The minimum atomic E-state index is 0.842. The highest BCUT2D eigenvalue weighted by Crippen LogP contribution is 2.18. The first-order valence-corrected chi connectivity index (χ1v) is 6.94. The van der Waals surface area contributed by atoms with E-state index in [1.165, 1.54) is 29.8 Å². The molecule has 0 aromatic carbocycles. The van der Waals surface area contributed by atoms with Crippen molar-refractivity contribution < 1.29 is 0 Å². The summed E-state index contributed by atoms with van der Waals surface area (Å²) in [6.45, 7) is 5.46. The molecule has 4 heteroatoms. The van der Waals surface area contributed by atoms with E-state index in [0.29, 0.717) is 0 Å². The van der Waals surface area contributed by atoms with Crippen LogP contribution >= 0.6 is 11.3 Å². The van der Waals surface area contributed by atoms with Crippen LogP contribution in [0.5, 0.6) is 0 Å². The minimum absolute atomic E-state index is 0.842. The molecule has 0 bridgehead atoms. The summed E-state index contributed by atoms with van der Waals surface area (Å²) in [5, 5.41) is 3.55. The van der Waals surface area contributed by atoms with Crippen molar-refractivity contribution in [2.45, 2.75) is 38.8 Å². The number of aryl methyl sites for hydroxylation is 1. The van der Waals surface area contributed by atoms with Gasteiger partial charge in [0.1, 0.15) is 0 Å². The molecule has 0 saturated heterocycles. The highest BCUT2D eigenvalue weighted by Gasteiger charge is 2.19. The molecule has 1 heterocycles. The van der Waals surface area contributed by atoms with Crippen LogP contribution in [0, 0.1) is 6.92 Å². The Hall–Kier alpha value is -0.450. The van der Waals surface area contributed by atoms with E-state index in [2.05, 4.69) is 29.2 Å². The van der Waals surface area contributed by atoms with Crippen molar-refractivity contribution in [3.05, 3.63) is 16.1 Å². The molecule has 1 fully saturated rings. The number of hydrogen-bond donors (Lipinski definition) is 1. The molecule has 1 aliphatic rings. The predicted molar refractivity (Wildman–Crippen MR) is 68.8 cm³/mol. The number of rotatable bonds is 7. The molecule has 1 aromatic rings. The van der Waals surface area contributed by atoms with Gasteiger partial charge in [0, 0.05) is 17.5 Å². The zero-order valence-electron chi connectivity index (χ0n) is 10.2. The van der Waals surface area contributed by atoms with Crippen LogP contribution in [0.25, 0.3) is 0 Å². The number of thiazole rings is 1. The Morgan fingerprint density at radius 1 is 1.56 bits per heavy atom. The molecule has 3 nitrogen and oxygen atoms in total. The monoisotopic (exact) mass is 239 g/mol. The van der Waals surface area contributed by atoms with Crippen molar-refractivity contribution >= 4 is 11.3 Å². The van der Waals surface area contributed by atoms with Crippen molar-refractivity contribution in [3.8, 4) is 0 Å². The lowest BCUT2D eigenvalue weighted by Crippen LogP contribution is -2.24. The van der Waals surface area contributed by atoms with Gasteiger partial charge in [0.15, 0.2) is 0 Å². The molecular weight excluding hydrogens is 218 g/mol. The fourth-order valence-electron chi connectivity index (χ4n) is 1.74. The van der Waals surface area contributed by atoms with E-state index in [9.17, 15) is 0 Å². The maximum Gasteiger partial charge on any atom is 0.0798 e. The topological polar surface area (TPSA) is 28.2 Å². The van der Waals surface area contributed by atoms with E-state index in [-0.39, 0.29) is 0 Å². The van der Waals surface area contributed by atoms with E-state index < -0.39 is 0 Å². The maximum absolute atomic E-state index is 4.28. The molecule has 1 aromatic heterocycles. The molecule has 0 spiro atoms. The Bertz CT molecular complexity index is 320. The van der Waals surface area contributed by atoms with Crippen LogP contribution in [0.4, 0.5) is 0 Å². The Morgan fingerprint density at radius 3 is 3.00 bits per heavy atom. The Labute approximate surface area is 102 Å². The van der Waals surface area contributed by atoms with Crippen molar-refractivity contribution in [2.24, 2.45) is 0 Å². The summed E-state index contributed by atoms with van der Waals surface area (Å²) in [6, 6.07) is 0.842. The summed E-state index contributed by atoms with van der Waals surface area (Å²) >= 11 is 1.76. The van der Waals surface area contributed by atoms with Crippen molar-refractivity contribution in [1.82, 2.24) is 15.2 Å².